The van der Waals surface area contributed by atoms with Crippen molar-refractivity contribution in [3.8, 4) is 39.1 Å². The number of hydrogen-bond acceptors (Lipinski definition) is 2. The lowest BCUT2D eigenvalue weighted by Gasteiger charge is -2.32. The van der Waals surface area contributed by atoms with E-state index in [4.69, 9.17) is 0 Å². The number of benzene rings is 10. The van der Waals surface area contributed by atoms with Crippen LogP contribution in [0.2, 0.25) is 0 Å². The molecule has 10 aromatic carbocycles. The van der Waals surface area contributed by atoms with Crippen LogP contribution >= 0.6 is 11.3 Å². The fourth-order valence-electron chi connectivity index (χ4n) is 11.5. The van der Waals surface area contributed by atoms with Gasteiger partial charge in [-0.25, -0.2) is 0 Å². The Labute approximate surface area is 375 Å². The van der Waals surface area contributed by atoms with E-state index in [-0.39, 0.29) is 0 Å². The SMILES string of the molecule is c1ccc(-c2ccc(N(c3cccc4c3-c3ccccc3C43c4ccccc4-c4ccccc43)c3cccc4c3c3cc5c(cc3n4-c3ccccc3)sc3ccccc35)cc2)cc1. The summed E-state index contributed by atoms with van der Waals surface area (Å²) in [6.07, 6.45) is 0. The lowest BCUT2D eigenvalue weighted by Crippen LogP contribution is -2.26. The number of fused-ring (bicyclic) bond motifs is 16. The van der Waals surface area contributed by atoms with E-state index in [0.29, 0.717) is 0 Å². The topological polar surface area (TPSA) is 8.17 Å². The zero-order valence-corrected chi connectivity index (χ0v) is 35.6. The van der Waals surface area contributed by atoms with Crippen molar-refractivity contribution < 1.29 is 0 Å². The van der Waals surface area contributed by atoms with Crippen LogP contribution in [0.3, 0.4) is 0 Å². The van der Waals surface area contributed by atoms with Gasteiger partial charge < -0.3 is 9.47 Å². The van der Waals surface area contributed by atoms with Crippen molar-refractivity contribution in [2.75, 3.05) is 4.90 Å². The van der Waals surface area contributed by atoms with Gasteiger partial charge in [0.15, 0.2) is 0 Å². The molecule has 3 heteroatoms. The van der Waals surface area contributed by atoms with Crippen LogP contribution in [0.25, 0.3) is 81.0 Å². The maximum atomic E-state index is 2.56. The molecule has 0 bridgehead atoms. The minimum Gasteiger partial charge on any atom is -0.309 e. The van der Waals surface area contributed by atoms with Gasteiger partial charge in [0, 0.05) is 47.9 Å². The van der Waals surface area contributed by atoms with Crippen molar-refractivity contribution in [2.45, 2.75) is 5.41 Å². The Hall–Kier alpha value is -7.98. The van der Waals surface area contributed by atoms with Gasteiger partial charge in [-0.15, -0.1) is 11.3 Å². The molecule has 2 nitrogen and oxygen atoms in total. The van der Waals surface area contributed by atoms with Gasteiger partial charge >= 0.3 is 0 Å². The maximum Gasteiger partial charge on any atom is 0.0726 e. The second-order valence-electron chi connectivity index (χ2n) is 17.1. The summed E-state index contributed by atoms with van der Waals surface area (Å²) < 4.78 is 5.08. The first-order valence-corrected chi connectivity index (χ1v) is 22.9. The summed E-state index contributed by atoms with van der Waals surface area (Å²) in [5.41, 5.74) is 19.4. The highest BCUT2D eigenvalue weighted by molar-refractivity contribution is 7.25. The Morgan fingerprint density at radius 2 is 0.953 bits per heavy atom. The van der Waals surface area contributed by atoms with Crippen LogP contribution in [0, 0.1) is 0 Å². The number of thiophene rings is 1. The van der Waals surface area contributed by atoms with Crippen LogP contribution in [0.5, 0.6) is 0 Å². The van der Waals surface area contributed by atoms with Gasteiger partial charge in [0.2, 0.25) is 0 Å². The molecular weight excluding hydrogens is 793 g/mol. The smallest absolute Gasteiger partial charge is 0.0726 e. The molecule has 2 aliphatic carbocycles. The first-order valence-electron chi connectivity index (χ1n) is 22.1. The minimum atomic E-state index is -0.459. The van der Waals surface area contributed by atoms with Crippen LogP contribution in [-0.4, -0.2) is 4.57 Å². The highest BCUT2D eigenvalue weighted by Crippen LogP contribution is 2.65. The second-order valence-corrected chi connectivity index (χ2v) is 18.2. The molecular formula is C61H38N2S. The van der Waals surface area contributed by atoms with Crippen LogP contribution in [0.4, 0.5) is 17.1 Å². The molecule has 0 saturated heterocycles. The maximum absolute atomic E-state index is 2.56. The second kappa shape index (κ2) is 13.5. The Balaban J connectivity index is 1.11. The summed E-state index contributed by atoms with van der Waals surface area (Å²) in [6.45, 7) is 0. The van der Waals surface area contributed by atoms with Crippen molar-refractivity contribution in [3.05, 3.63) is 253 Å². The van der Waals surface area contributed by atoms with E-state index in [0.717, 1.165) is 22.7 Å². The van der Waals surface area contributed by atoms with E-state index in [1.807, 2.05) is 11.3 Å². The zero-order valence-electron chi connectivity index (χ0n) is 34.7. The summed E-state index contributed by atoms with van der Waals surface area (Å²) >= 11 is 1.88. The fraction of sp³-hybridized carbons (Fsp3) is 0.0164. The molecule has 2 aliphatic rings. The number of nitrogens with zero attached hydrogens (tertiary/aromatic N) is 2. The van der Waals surface area contributed by atoms with Gasteiger partial charge in [-0.2, -0.15) is 0 Å². The number of anilines is 3. The predicted molar refractivity (Wildman–Crippen MR) is 270 cm³/mol. The Kier molecular flexibility index (Phi) is 7.51. The molecule has 0 unspecified atom stereocenters. The molecule has 0 radical (unpaired) electrons. The Bertz CT molecular complexity index is 3790. The molecule has 2 aromatic heterocycles. The average Bonchev–Trinajstić information content (AvgIpc) is 4.08. The number of rotatable bonds is 5. The molecule has 0 saturated carbocycles. The first kappa shape index (κ1) is 35.6. The van der Waals surface area contributed by atoms with E-state index < -0.39 is 5.41 Å². The molecule has 0 atom stereocenters. The molecule has 298 valence electrons. The largest absolute Gasteiger partial charge is 0.309 e. The quantitative estimate of drug-likeness (QED) is 0.168. The van der Waals surface area contributed by atoms with E-state index in [1.54, 1.807) is 0 Å². The highest BCUT2D eigenvalue weighted by Gasteiger charge is 2.52. The highest BCUT2D eigenvalue weighted by atomic mass is 32.1. The van der Waals surface area contributed by atoms with Crippen molar-refractivity contribution in [1.29, 1.82) is 0 Å². The summed E-state index contributed by atoms with van der Waals surface area (Å²) in [6, 6.07) is 85.8. The standard InChI is InChI=1S/C61H38N2S/c1-3-17-39(18-4-1)40-33-35-42(36-34-40)62(53-29-15-28-52-59(53)46-24-9-13-27-51(46)61(52)49-25-11-7-21-43(49)44-22-8-12-26-50(44)61)54-30-16-31-55-60(54)48-37-47-45-23-10-14-32-57(45)64-58(47)38-56(48)63(55)41-19-5-2-6-20-41/h1-38H. The fourth-order valence-corrected chi connectivity index (χ4v) is 12.6. The normalized spacial score (nSPS) is 13.1. The van der Waals surface area contributed by atoms with Gasteiger partial charge in [-0.05, 0) is 111 Å². The average molecular weight is 831 g/mol. The summed E-state index contributed by atoms with van der Waals surface area (Å²) in [4.78, 5) is 2.56. The van der Waals surface area contributed by atoms with E-state index >= 15 is 0 Å². The molecule has 0 N–H and O–H groups in total. The van der Waals surface area contributed by atoms with Crippen molar-refractivity contribution >= 4 is 70.4 Å². The summed E-state index contributed by atoms with van der Waals surface area (Å²) in [5.74, 6) is 0. The van der Waals surface area contributed by atoms with E-state index in [9.17, 15) is 0 Å². The predicted octanol–water partition coefficient (Wildman–Crippen LogP) is 16.6. The van der Waals surface area contributed by atoms with Crippen LogP contribution < -0.4 is 4.90 Å². The first-order chi connectivity index (χ1) is 31.8. The van der Waals surface area contributed by atoms with Gasteiger partial charge in [-0.3, -0.25) is 0 Å². The van der Waals surface area contributed by atoms with Gasteiger partial charge in [0.05, 0.1) is 27.8 Å². The molecule has 64 heavy (non-hydrogen) atoms. The van der Waals surface area contributed by atoms with Crippen LogP contribution in [0.15, 0.2) is 231 Å². The minimum absolute atomic E-state index is 0.459. The lowest BCUT2D eigenvalue weighted by molar-refractivity contribution is 0.794. The van der Waals surface area contributed by atoms with Crippen molar-refractivity contribution in [1.82, 2.24) is 4.57 Å². The molecule has 2 heterocycles. The van der Waals surface area contributed by atoms with Crippen LogP contribution in [0.1, 0.15) is 22.3 Å². The molecule has 0 fully saturated rings. The van der Waals surface area contributed by atoms with Crippen LogP contribution in [-0.2, 0) is 5.41 Å². The molecule has 0 amide bonds. The molecule has 12 aromatic rings. The third kappa shape index (κ3) is 4.79. The molecule has 0 aliphatic heterocycles. The van der Waals surface area contributed by atoms with Gasteiger partial charge in [0.1, 0.15) is 0 Å². The molecule has 1 spiro atoms. The van der Waals surface area contributed by atoms with E-state index in [2.05, 4.69) is 240 Å². The zero-order chi connectivity index (χ0) is 41.9. The Morgan fingerprint density at radius 1 is 0.375 bits per heavy atom. The monoisotopic (exact) mass is 830 g/mol. The van der Waals surface area contributed by atoms with Crippen molar-refractivity contribution in [3.63, 3.8) is 0 Å². The summed E-state index contributed by atoms with van der Waals surface area (Å²) in [5, 5.41) is 5.06. The van der Waals surface area contributed by atoms with E-state index in [1.165, 1.54) is 97.6 Å². The molecule has 14 rings (SSSR count). The summed E-state index contributed by atoms with van der Waals surface area (Å²) in [7, 11) is 0. The lowest BCUT2D eigenvalue weighted by atomic mass is 9.70. The third-order valence-electron chi connectivity index (χ3n) is 14.0. The van der Waals surface area contributed by atoms with Gasteiger partial charge in [0.25, 0.3) is 0 Å². The number of aromatic nitrogens is 1. The number of para-hydroxylation sites is 1. The van der Waals surface area contributed by atoms with Crippen molar-refractivity contribution in [2.24, 2.45) is 0 Å². The number of hydrogen-bond donors (Lipinski definition) is 0. The Morgan fingerprint density at radius 3 is 1.70 bits per heavy atom. The van der Waals surface area contributed by atoms with Gasteiger partial charge in [-0.1, -0.05) is 170 Å². The third-order valence-corrected chi connectivity index (χ3v) is 15.1.